The fourth-order valence-corrected chi connectivity index (χ4v) is 4.52. The van der Waals surface area contributed by atoms with Crippen molar-refractivity contribution in [1.29, 1.82) is 0 Å². The maximum Gasteiger partial charge on any atom is 0.243 e. The Kier molecular flexibility index (Phi) is 3.18. The second kappa shape index (κ2) is 4.75. The summed E-state index contributed by atoms with van der Waals surface area (Å²) >= 11 is 0. The molecule has 5 heteroatoms. The van der Waals surface area contributed by atoms with E-state index in [0.29, 0.717) is 22.5 Å². The highest BCUT2D eigenvalue weighted by Gasteiger charge is 2.37. The summed E-state index contributed by atoms with van der Waals surface area (Å²) in [7, 11) is -3.45. The molecule has 20 heavy (non-hydrogen) atoms. The molecule has 0 spiro atoms. The van der Waals surface area contributed by atoms with Crippen LogP contribution in [0.2, 0.25) is 0 Å². The Morgan fingerprint density at radius 1 is 1.15 bits per heavy atom. The number of nitrogens with zero attached hydrogens (tertiary/aromatic N) is 1. The van der Waals surface area contributed by atoms with Crippen molar-refractivity contribution < 1.29 is 8.42 Å². The highest BCUT2D eigenvalue weighted by Crippen LogP contribution is 2.35. The number of rotatable bonds is 4. The van der Waals surface area contributed by atoms with E-state index in [9.17, 15) is 8.42 Å². The number of hydrogen-bond acceptors (Lipinski definition) is 3. The smallest absolute Gasteiger partial charge is 0.243 e. The molecular formula is C15H18N2O2S. The lowest BCUT2D eigenvalue weighted by atomic mass is 10.1. The lowest BCUT2D eigenvalue weighted by molar-refractivity contribution is 0.421. The van der Waals surface area contributed by atoms with Crippen LogP contribution in [0.1, 0.15) is 19.8 Å². The van der Waals surface area contributed by atoms with Gasteiger partial charge in [-0.2, -0.15) is 4.31 Å². The predicted octanol–water partition coefficient (Wildman–Crippen LogP) is 2.60. The van der Waals surface area contributed by atoms with Crippen LogP contribution in [-0.2, 0) is 10.0 Å². The van der Waals surface area contributed by atoms with Crippen molar-refractivity contribution in [3.63, 3.8) is 0 Å². The van der Waals surface area contributed by atoms with E-state index in [1.165, 1.54) is 0 Å². The third kappa shape index (κ3) is 2.07. The van der Waals surface area contributed by atoms with Gasteiger partial charge in [-0.15, -0.1) is 0 Å². The Hall–Kier alpha value is -1.59. The maximum atomic E-state index is 12.9. The fraction of sp³-hybridized carbons (Fsp3) is 0.333. The van der Waals surface area contributed by atoms with Crippen molar-refractivity contribution in [2.45, 2.75) is 30.7 Å². The van der Waals surface area contributed by atoms with Crippen molar-refractivity contribution in [2.24, 2.45) is 0 Å². The molecule has 0 saturated heterocycles. The van der Waals surface area contributed by atoms with Crippen LogP contribution >= 0.6 is 0 Å². The van der Waals surface area contributed by atoms with Crippen molar-refractivity contribution in [3.05, 3.63) is 36.4 Å². The van der Waals surface area contributed by atoms with Crippen LogP contribution in [-0.4, -0.2) is 25.3 Å². The van der Waals surface area contributed by atoms with Crippen LogP contribution in [0.15, 0.2) is 41.3 Å². The lowest BCUT2D eigenvalue weighted by Gasteiger charge is -2.21. The maximum absolute atomic E-state index is 12.9. The number of benzene rings is 2. The summed E-state index contributed by atoms with van der Waals surface area (Å²) in [6.07, 6.45) is 1.92. The molecule has 1 saturated carbocycles. The molecule has 1 aliphatic carbocycles. The molecule has 0 aliphatic heterocycles. The first-order valence-electron chi connectivity index (χ1n) is 6.84. The van der Waals surface area contributed by atoms with Gasteiger partial charge in [0.15, 0.2) is 0 Å². The monoisotopic (exact) mass is 290 g/mol. The van der Waals surface area contributed by atoms with E-state index in [2.05, 4.69) is 0 Å². The van der Waals surface area contributed by atoms with Gasteiger partial charge in [0, 0.05) is 29.0 Å². The van der Waals surface area contributed by atoms with Gasteiger partial charge in [0.2, 0.25) is 10.0 Å². The Bertz CT molecular complexity index is 752. The topological polar surface area (TPSA) is 63.4 Å². The number of nitrogens with two attached hydrogens (primary N) is 1. The van der Waals surface area contributed by atoms with Gasteiger partial charge in [0.25, 0.3) is 0 Å². The summed E-state index contributed by atoms with van der Waals surface area (Å²) in [6, 6.07) is 10.9. The molecule has 2 N–H and O–H groups in total. The number of fused-ring (bicyclic) bond motifs is 1. The van der Waals surface area contributed by atoms with E-state index < -0.39 is 10.0 Å². The van der Waals surface area contributed by atoms with E-state index in [4.69, 9.17) is 5.73 Å². The normalized spacial score (nSPS) is 15.9. The number of nitrogen functional groups attached to an aromatic ring is 1. The van der Waals surface area contributed by atoms with Gasteiger partial charge in [0.05, 0.1) is 4.90 Å². The first-order chi connectivity index (χ1) is 9.55. The molecule has 106 valence electrons. The van der Waals surface area contributed by atoms with E-state index in [-0.39, 0.29) is 6.04 Å². The SMILES string of the molecule is CCN(C1CC1)S(=O)(=O)c1ccc(N)c2ccccc12. The molecule has 0 aromatic heterocycles. The summed E-state index contributed by atoms with van der Waals surface area (Å²) < 4.78 is 27.3. The predicted molar refractivity (Wildman–Crippen MR) is 80.9 cm³/mol. The number of anilines is 1. The zero-order valence-electron chi connectivity index (χ0n) is 11.4. The molecule has 1 fully saturated rings. The van der Waals surface area contributed by atoms with Crippen molar-refractivity contribution in [2.75, 3.05) is 12.3 Å². The molecule has 2 aromatic rings. The molecule has 0 radical (unpaired) electrons. The second-order valence-electron chi connectivity index (χ2n) is 5.14. The number of hydrogen-bond donors (Lipinski definition) is 1. The van der Waals surface area contributed by atoms with Crippen molar-refractivity contribution >= 4 is 26.5 Å². The van der Waals surface area contributed by atoms with Gasteiger partial charge < -0.3 is 5.73 Å². The van der Waals surface area contributed by atoms with Gasteiger partial charge in [-0.3, -0.25) is 0 Å². The average molecular weight is 290 g/mol. The highest BCUT2D eigenvalue weighted by atomic mass is 32.2. The Labute approximate surface area is 119 Å². The van der Waals surface area contributed by atoms with Crippen LogP contribution < -0.4 is 5.73 Å². The van der Waals surface area contributed by atoms with Crippen LogP contribution in [0.25, 0.3) is 10.8 Å². The molecule has 0 bridgehead atoms. The standard InChI is InChI=1S/C15H18N2O2S/c1-2-17(11-7-8-11)20(18,19)15-10-9-14(16)12-5-3-4-6-13(12)15/h3-6,9-11H,2,7-8,16H2,1H3. The molecule has 4 nitrogen and oxygen atoms in total. The quantitative estimate of drug-likeness (QED) is 0.880. The minimum absolute atomic E-state index is 0.168. The van der Waals surface area contributed by atoms with Gasteiger partial charge >= 0.3 is 0 Å². The van der Waals surface area contributed by atoms with Crippen molar-refractivity contribution in [1.82, 2.24) is 4.31 Å². The zero-order valence-corrected chi connectivity index (χ0v) is 12.2. The van der Waals surface area contributed by atoms with E-state index in [1.54, 1.807) is 16.4 Å². The van der Waals surface area contributed by atoms with Crippen LogP contribution in [0.5, 0.6) is 0 Å². The van der Waals surface area contributed by atoms with Gasteiger partial charge in [-0.05, 0) is 25.0 Å². The largest absolute Gasteiger partial charge is 0.398 e. The highest BCUT2D eigenvalue weighted by molar-refractivity contribution is 7.89. The van der Waals surface area contributed by atoms with Crippen LogP contribution in [0, 0.1) is 0 Å². The second-order valence-corrected chi connectivity index (χ2v) is 7.00. The van der Waals surface area contributed by atoms with E-state index >= 15 is 0 Å². The van der Waals surface area contributed by atoms with Gasteiger partial charge in [-0.1, -0.05) is 31.2 Å². The third-order valence-electron chi connectivity index (χ3n) is 3.77. The molecule has 0 amide bonds. The van der Waals surface area contributed by atoms with Crippen LogP contribution in [0.3, 0.4) is 0 Å². The van der Waals surface area contributed by atoms with Crippen molar-refractivity contribution in [3.8, 4) is 0 Å². The molecule has 0 unspecified atom stereocenters. The Morgan fingerprint density at radius 3 is 2.40 bits per heavy atom. The van der Waals surface area contributed by atoms with E-state index in [0.717, 1.165) is 18.2 Å². The minimum atomic E-state index is -3.45. The van der Waals surface area contributed by atoms with Gasteiger partial charge in [0.1, 0.15) is 0 Å². The summed E-state index contributed by atoms with van der Waals surface area (Å²) in [4.78, 5) is 0.357. The van der Waals surface area contributed by atoms with E-state index in [1.807, 2.05) is 31.2 Å². The molecular weight excluding hydrogens is 272 g/mol. The summed E-state index contributed by atoms with van der Waals surface area (Å²) in [6.45, 7) is 2.39. The molecule has 1 aliphatic rings. The summed E-state index contributed by atoms with van der Waals surface area (Å²) in [5.74, 6) is 0. The Morgan fingerprint density at radius 2 is 1.80 bits per heavy atom. The lowest BCUT2D eigenvalue weighted by Crippen LogP contribution is -2.33. The minimum Gasteiger partial charge on any atom is -0.398 e. The third-order valence-corrected chi connectivity index (χ3v) is 5.86. The fourth-order valence-electron chi connectivity index (χ4n) is 2.63. The first kappa shape index (κ1) is 13.4. The van der Waals surface area contributed by atoms with Gasteiger partial charge in [-0.25, -0.2) is 8.42 Å². The van der Waals surface area contributed by atoms with Crippen LogP contribution in [0.4, 0.5) is 5.69 Å². The molecule has 0 atom stereocenters. The Balaban J connectivity index is 2.21. The summed E-state index contributed by atoms with van der Waals surface area (Å²) in [5.41, 5.74) is 6.55. The zero-order chi connectivity index (χ0) is 14.3. The first-order valence-corrected chi connectivity index (χ1v) is 8.28. The molecule has 0 heterocycles. The molecule has 3 rings (SSSR count). The molecule has 2 aromatic carbocycles. The average Bonchev–Trinajstić information content (AvgIpc) is 3.24. The number of sulfonamides is 1. The summed E-state index contributed by atoms with van der Waals surface area (Å²) in [5, 5.41) is 1.49.